The molecule has 2 rings (SSSR count). The number of hydrogen-bond donors (Lipinski definition) is 1. The Kier molecular flexibility index (Phi) is 5.23. The fraction of sp³-hybridized carbons (Fsp3) is 0.625. The Morgan fingerprint density at radius 2 is 1.95 bits per heavy atom. The summed E-state index contributed by atoms with van der Waals surface area (Å²) in [6.07, 6.45) is 4.03. The van der Waals surface area contributed by atoms with E-state index in [9.17, 15) is 0 Å². The van der Waals surface area contributed by atoms with E-state index >= 15 is 0 Å². The standard InChI is InChI=1S/C16H26N2O/c1-4-17-16(11-12-18(2)3)13-5-7-14(8-6-13)19-15-9-10-15/h5-8,15-17H,4,9-12H2,1-3H3. The predicted octanol–water partition coefficient (Wildman–Crippen LogP) is 2.83. The van der Waals surface area contributed by atoms with Crippen LogP contribution in [-0.2, 0) is 0 Å². The van der Waals surface area contributed by atoms with Gasteiger partial charge in [0, 0.05) is 6.04 Å². The molecular formula is C16H26N2O. The van der Waals surface area contributed by atoms with Crippen molar-refractivity contribution in [2.45, 2.75) is 38.3 Å². The first-order valence-electron chi connectivity index (χ1n) is 7.33. The van der Waals surface area contributed by atoms with Crippen molar-refractivity contribution in [3.63, 3.8) is 0 Å². The second kappa shape index (κ2) is 6.92. The molecule has 106 valence electrons. The van der Waals surface area contributed by atoms with Crippen LogP contribution < -0.4 is 10.1 Å². The number of rotatable bonds is 8. The largest absolute Gasteiger partial charge is 0.490 e. The molecule has 19 heavy (non-hydrogen) atoms. The van der Waals surface area contributed by atoms with Crippen molar-refractivity contribution in [3.8, 4) is 5.75 Å². The summed E-state index contributed by atoms with van der Waals surface area (Å²) in [5.74, 6) is 1.01. The summed E-state index contributed by atoms with van der Waals surface area (Å²) in [6.45, 7) is 4.25. The molecule has 1 atom stereocenters. The molecule has 0 heterocycles. The van der Waals surface area contributed by atoms with Gasteiger partial charge in [0.25, 0.3) is 0 Å². The number of nitrogens with one attached hydrogen (secondary N) is 1. The van der Waals surface area contributed by atoms with Crippen LogP contribution in [0.15, 0.2) is 24.3 Å². The highest BCUT2D eigenvalue weighted by Gasteiger charge is 2.23. The second-order valence-corrected chi connectivity index (χ2v) is 5.59. The molecule has 0 aromatic heterocycles. The molecule has 3 heteroatoms. The quantitative estimate of drug-likeness (QED) is 0.779. The number of nitrogens with zero attached hydrogens (tertiary/aromatic N) is 1. The molecule has 0 bridgehead atoms. The van der Waals surface area contributed by atoms with Crippen LogP contribution in [0.4, 0.5) is 0 Å². The van der Waals surface area contributed by atoms with Crippen molar-refractivity contribution >= 4 is 0 Å². The summed E-state index contributed by atoms with van der Waals surface area (Å²) in [5, 5.41) is 3.56. The van der Waals surface area contributed by atoms with E-state index in [0.29, 0.717) is 12.1 Å². The predicted molar refractivity (Wildman–Crippen MR) is 79.7 cm³/mol. The lowest BCUT2D eigenvalue weighted by Gasteiger charge is -2.21. The van der Waals surface area contributed by atoms with Crippen LogP contribution >= 0.6 is 0 Å². The molecule has 1 N–H and O–H groups in total. The minimum Gasteiger partial charge on any atom is -0.490 e. The van der Waals surface area contributed by atoms with E-state index in [4.69, 9.17) is 4.74 Å². The SMILES string of the molecule is CCNC(CCN(C)C)c1ccc(OC2CC2)cc1. The number of ether oxygens (including phenoxy) is 1. The number of benzene rings is 1. The van der Waals surface area contributed by atoms with Gasteiger partial charge >= 0.3 is 0 Å². The zero-order valence-corrected chi connectivity index (χ0v) is 12.4. The third kappa shape index (κ3) is 4.84. The summed E-state index contributed by atoms with van der Waals surface area (Å²) in [5.41, 5.74) is 1.35. The zero-order valence-electron chi connectivity index (χ0n) is 12.4. The van der Waals surface area contributed by atoms with Crippen molar-refractivity contribution in [2.24, 2.45) is 0 Å². The Morgan fingerprint density at radius 3 is 2.47 bits per heavy atom. The maximum atomic E-state index is 5.79. The molecule has 1 saturated carbocycles. The lowest BCUT2D eigenvalue weighted by atomic mass is 10.0. The topological polar surface area (TPSA) is 24.5 Å². The average molecular weight is 262 g/mol. The zero-order chi connectivity index (χ0) is 13.7. The molecule has 0 radical (unpaired) electrons. The van der Waals surface area contributed by atoms with Crippen molar-refractivity contribution in [2.75, 3.05) is 27.2 Å². The van der Waals surface area contributed by atoms with Crippen molar-refractivity contribution in [3.05, 3.63) is 29.8 Å². The molecule has 1 aliphatic rings. The fourth-order valence-corrected chi connectivity index (χ4v) is 2.18. The molecule has 0 saturated heterocycles. The molecule has 1 fully saturated rings. The maximum Gasteiger partial charge on any atom is 0.119 e. The molecule has 1 unspecified atom stereocenters. The van der Waals surface area contributed by atoms with Crippen LogP contribution in [0.25, 0.3) is 0 Å². The van der Waals surface area contributed by atoms with Crippen LogP contribution in [-0.4, -0.2) is 38.2 Å². The van der Waals surface area contributed by atoms with E-state index in [0.717, 1.165) is 25.3 Å². The van der Waals surface area contributed by atoms with E-state index in [1.54, 1.807) is 0 Å². The highest BCUT2D eigenvalue weighted by atomic mass is 16.5. The molecule has 0 amide bonds. The normalized spacial score (nSPS) is 16.6. The highest BCUT2D eigenvalue weighted by Crippen LogP contribution is 2.28. The first-order chi connectivity index (χ1) is 9.19. The van der Waals surface area contributed by atoms with Gasteiger partial charge in [-0.25, -0.2) is 0 Å². The molecule has 1 aromatic rings. The van der Waals surface area contributed by atoms with Gasteiger partial charge in [-0.05, 0) is 64.1 Å². The van der Waals surface area contributed by atoms with E-state index in [2.05, 4.69) is 55.5 Å². The van der Waals surface area contributed by atoms with Crippen LogP contribution in [0.2, 0.25) is 0 Å². The lowest BCUT2D eigenvalue weighted by Crippen LogP contribution is -2.25. The molecule has 0 aliphatic heterocycles. The molecule has 0 spiro atoms. The first kappa shape index (κ1) is 14.4. The van der Waals surface area contributed by atoms with E-state index < -0.39 is 0 Å². The number of hydrogen-bond acceptors (Lipinski definition) is 3. The molecule has 1 aromatic carbocycles. The Bertz CT molecular complexity index is 371. The summed E-state index contributed by atoms with van der Waals surface area (Å²) >= 11 is 0. The maximum absolute atomic E-state index is 5.79. The van der Waals surface area contributed by atoms with Gasteiger partial charge in [-0.1, -0.05) is 19.1 Å². The van der Waals surface area contributed by atoms with Gasteiger partial charge in [0.05, 0.1) is 6.10 Å². The van der Waals surface area contributed by atoms with Crippen LogP contribution in [0, 0.1) is 0 Å². The van der Waals surface area contributed by atoms with Gasteiger partial charge in [0.2, 0.25) is 0 Å². The van der Waals surface area contributed by atoms with Crippen molar-refractivity contribution in [1.82, 2.24) is 10.2 Å². The lowest BCUT2D eigenvalue weighted by molar-refractivity contribution is 0.303. The Morgan fingerprint density at radius 1 is 1.26 bits per heavy atom. The van der Waals surface area contributed by atoms with Crippen molar-refractivity contribution in [1.29, 1.82) is 0 Å². The minimum absolute atomic E-state index is 0.433. The minimum atomic E-state index is 0.433. The fourth-order valence-electron chi connectivity index (χ4n) is 2.18. The average Bonchev–Trinajstić information content (AvgIpc) is 3.19. The Balaban J connectivity index is 1.94. The Hall–Kier alpha value is -1.06. The summed E-state index contributed by atoms with van der Waals surface area (Å²) in [7, 11) is 4.24. The van der Waals surface area contributed by atoms with Gasteiger partial charge in [-0.2, -0.15) is 0 Å². The molecular weight excluding hydrogens is 236 g/mol. The van der Waals surface area contributed by atoms with Crippen molar-refractivity contribution < 1.29 is 4.74 Å². The summed E-state index contributed by atoms with van der Waals surface area (Å²) < 4.78 is 5.79. The van der Waals surface area contributed by atoms with Gasteiger partial charge in [0.1, 0.15) is 5.75 Å². The monoisotopic (exact) mass is 262 g/mol. The van der Waals surface area contributed by atoms with Gasteiger partial charge in [-0.3, -0.25) is 0 Å². The summed E-state index contributed by atoms with van der Waals surface area (Å²) in [6, 6.07) is 9.03. The molecule has 1 aliphatic carbocycles. The first-order valence-corrected chi connectivity index (χ1v) is 7.33. The van der Waals surface area contributed by atoms with E-state index in [1.807, 2.05) is 0 Å². The van der Waals surface area contributed by atoms with Gasteiger partial charge in [-0.15, -0.1) is 0 Å². The van der Waals surface area contributed by atoms with E-state index in [1.165, 1.54) is 18.4 Å². The third-order valence-electron chi connectivity index (χ3n) is 3.43. The van der Waals surface area contributed by atoms with Crippen LogP contribution in [0.5, 0.6) is 5.75 Å². The third-order valence-corrected chi connectivity index (χ3v) is 3.43. The summed E-state index contributed by atoms with van der Waals surface area (Å²) in [4.78, 5) is 2.23. The highest BCUT2D eigenvalue weighted by molar-refractivity contribution is 5.29. The Labute approximate surface area is 116 Å². The van der Waals surface area contributed by atoms with Crippen LogP contribution in [0.3, 0.4) is 0 Å². The van der Waals surface area contributed by atoms with Crippen LogP contribution in [0.1, 0.15) is 37.8 Å². The van der Waals surface area contributed by atoms with Gasteiger partial charge < -0.3 is 15.0 Å². The second-order valence-electron chi connectivity index (χ2n) is 5.59. The van der Waals surface area contributed by atoms with Gasteiger partial charge in [0.15, 0.2) is 0 Å². The molecule has 3 nitrogen and oxygen atoms in total. The smallest absolute Gasteiger partial charge is 0.119 e. The van der Waals surface area contributed by atoms with E-state index in [-0.39, 0.29) is 0 Å².